The monoisotopic (exact) mass is 276 g/mol. The molecule has 0 amide bonds. The minimum Gasteiger partial charge on any atom is -0.493 e. The van der Waals surface area contributed by atoms with E-state index < -0.39 is 0 Å². The van der Waals surface area contributed by atoms with Crippen molar-refractivity contribution in [3.8, 4) is 5.75 Å². The van der Waals surface area contributed by atoms with Gasteiger partial charge in [0.25, 0.3) is 0 Å². The molecule has 0 radical (unpaired) electrons. The highest BCUT2D eigenvalue weighted by atomic mass is 16.5. The molecular formula is C18H16N2O. The van der Waals surface area contributed by atoms with Gasteiger partial charge in [-0.1, -0.05) is 24.3 Å². The summed E-state index contributed by atoms with van der Waals surface area (Å²) in [4.78, 5) is 4.34. The van der Waals surface area contributed by atoms with Gasteiger partial charge in [-0.25, -0.2) is 0 Å². The molecule has 3 aromatic rings. The number of rotatable bonds is 2. The first-order valence-corrected chi connectivity index (χ1v) is 7.17. The molecule has 1 aliphatic rings. The smallest absolute Gasteiger partial charge is 0.122 e. The zero-order valence-corrected chi connectivity index (χ0v) is 11.6. The summed E-state index contributed by atoms with van der Waals surface area (Å²) < 4.78 is 5.55. The average Bonchev–Trinajstić information content (AvgIpc) is 3.01. The summed E-state index contributed by atoms with van der Waals surface area (Å²) in [6.45, 7) is 0.773. The molecule has 1 aliphatic heterocycles. The van der Waals surface area contributed by atoms with Crippen LogP contribution in [0.2, 0.25) is 0 Å². The van der Waals surface area contributed by atoms with Gasteiger partial charge >= 0.3 is 0 Å². The molecule has 2 aromatic carbocycles. The molecule has 0 aliphatic carbocycles. The van der Waals surface area contributed by atoms with E-state index in [0.29, 0.717) is 0 Å². The van der Waals surface area contributed by atoms with Crippen LogP contribution in [0.15, 0.2) is 54.7 Å². The van der Waals surface area contributed by atoms with E-state index in [-0.39, 0.29) is 6.04 Å². The lowest BCUT2D eigenvalue weighted by Gasteiger charge is -2.14. The Morgan fingerprint density at radius 3 is 2.86 bits per heavy atom. The number of nitrogens with zero attached hydrogens (tertiary/aromatic N) is 1. The molecule has 0 saturated heterocycles. The maximum absolute atomic E-state index is 6.44. The van der Waals surface area contributed by atoms with Gasteiger partial charge in [0.15, 0.2) is 0 Å². The highest BCUT2D eigenvalue weighted by Gasteiger charge is 2.16. The molecule has 1 unspecified atom stereocenters. The number of nitrogens with two attached hydrogens (primary N) is 1. The highest BCUT2D eigenvalue weighted by molar-refractivity contribution is 5.79. The molecule has 2 heterocycles. The number of aromatic nitrogens is 1. The molecular weight excluding hydrogens is 260 g/mol. The van der Waals surface area contributed by atoms with Crippen LogP contribution in [-0.4, -0.2) is 11.6 Å². The summed E-state index contributed by atoms with van der Waals surface area (Å²) >= 11 is 0. The summed E-state index contributed by atoms with van der Waals surface area (Å²) in [6.07, 6.45) is 2.78. The lowest BCUT2D eigenvalue weighted by atomic mass is 9.96. The van der Waals surface area contributed by atoms with Crippen molar-refractivity contribution in [3.63, 3.8) is 0 Å². The van der Waals surface area contributed by atoms with Crippen LogP contribution >= 0.6 is 0 Å². The lowest BCUT2D eigenvalue weighted by Crippen LogP contribution is -2.12. The molecule has 3 heteroatoms. The molecule has 104 valence electrons. The highest BCUT2D eigenvalue weighted by Crippen LogP contribution is 2.30. The molecule has 0 spiro atoms. The molecule has 0 fully saturated rings. The second-order valence-corrected chi connectivity index (χ2v) is 5.40. The minimum absolute atomic E-state index is 0.125. The van der Waals surface area contributed by atoms with Gasteiger partial charge in [0.05, 0.1) is 18.2 Å². The average molecular weight is 276 g/mol. The Bertz CT molecular complexity index is 813. The summed E-state index contributed by atoms with van der Waals surface area (Å²) in [5.41, 5.74) is 10.9. The van der Waals surface area contributed by atoms with Crippen LogP contribution < -0.4 is 10.5 Å². The minimum atomic E-state index is -0.125. The van der Waals surface area contributed by atoms with E-state index >= 15 is 0 Å². The van der Waals surface area contributed by atoms with Crippen molar-refractivity contribution >= 4 is 10.9 Å². The normalized spacial score (nSPS) is 14.7. The Kier molecular flexibility index (Phi) is 2.86. The first-order valence-electron chi connectivity index (χ1n) is 7.17. The van der Waals surface area contributed by atoms with Crippen LogP contribution in [0.4, 0.5) is 0 Å². The maximum atomic E-state index is 6.44. The van der Waals surface area contributed by atoms with Crippen LogP contribution in [0.25, 0.3) is 10.9 Å². The van der Waals surface area contributed by atoms with Crippen molar-refractivity contribution in [1.29, 1.82) is 0 Å². The van der Waals surface area contributed by atoms with Gasteiger partial charge in [-0.05, 0) is 41.0 Å². The standard InChI is InChI=1S/C18H16N2O/c19-18(15-4-6-17-13(11-15)7-9-21-17)14-3-5-16-12(10-14)2-1-8-20-16/h1-6,8,10-11,18H,7,9,19H2. The predicted octanol–water partition coefficient (Wildman–Crippen LogP) is 3.22. The molecule has 0 saturated carbocycles. The second kappa shape index (κ2) is 4.86. The van der Waals surface area contributed by atoms with Crippen molar-refractivity contribution in [2.75, 3.05) is 6.61 Å². The number of fused-ring (bicyclic) bond motifs is 2. The number of benzene rings is 2. The zero-order chi connectivity index (χ0) is 14.2. The van der Waals surface area contributed by atoms with Gasteiger partial charge < -0.3 is 10.5 Å². The molecule has 4 rings (SSSR count). The van der Waals surface area contributed by atoms with Crippen molar-refractivity contribution < 1.29 is 4.74 Å². The van der Waals surface area contributed by atoms with Gasteiger partial charge in [-0.15, -0.1) is 0 Å². The first kappa shape index (κ1) is 12.4. The van der Waals surface area contributed by atoms with Crippen molar-refractivity contribution in [3.05, 3.63) is 71.4 Å². The van der Waals surface area contributed by atoms with E-state index in [9.17, 15) is 0 Å². The van der Waals surface area contributed by atoms with Crippen molar-refractivity contribution in [1.82, 2.24) is 4.98 Å². The second-order valence-electron chi connectivity index (χ2n) is 5.40. The Hall–Kier alpha value is -2.39. The van der Waals surface area contributed by atoms with E-state index in [0.717, 1.165) is 40.8 Å². The molecule has 21 heavy (non-hydrogen) atoms. The van der Waals surface area contributed by atoms with Crippen LogP contribution in [-0.2, 0) is 6.42 Å². The number of hydrogen-bond acceptors (Lipinski definition) is 3. The number of pyridine rings is 1. The van der Waals surface area contributed by atoms with E-state index in [1.54, 1.807) is 0 Å². The summed E-state index contributed by atoms with van der Waals surface area (Å²) in [5.74, 6) is 0.994. The molecule has 3 nitrogen and oxygen atoms in total. The predicted molar refractivity (Wildman–Crippen MR) is 83.4 cm³/mol. The first-order chi connectivity index (χ1) is 10.3. The third kappa shape index (κ3) is 2.16. The molecule has 0 bridgehead atoms. The third-order valence-electron chi connectivity index (χ3n) is 4.06. The van der Waals surface area contributed by atoms with Gasteiger partial charge in [0, 0.05) is 18.0 Å². The SMILES string of the molecule is NC(c1ccc2c(c1)CCO2)c1ccc2ncccc2c1. The third-order valence-corrected chi connectivity index (χ3v) is 4.06. The molecule has 1 atom stereocenters. The largest absolute Gasteiger partial charge is 0.493 e. The van der Waals surface area contributed by atoms with Gasteiger partial charge in [0.1, 0.15) is 5.75 Å². The zero-order valence-electron chi connectivity index (χ0n) is 11.6. The Morgan fingerprint density at radius 2 is 1.90 bits per heavy atom. The van der Waals surface area contributed by atoms with Crippen LogP contribution in [0.1, 0.15) is 22.7 Å². The summed E-state index contributed by atoms with van der Waals surface area (Å²) in [6, 6.07) is 16.4. The molecule has 1 aromatic heterocycles. The van der Waals surface area contributed by atoms with Crippen molar-refractivity contribution in [2.24, 2.45) is 5.73 Å². The number of hydrogen-bond donors (Lipinski definition) is 1. The van der Waals surface area contributed by atoms with E-state index in [2.05, 4.69) is 35.3 Å². The van der Waals surface area contributed by atoms with Gasteiger partial charge in [0.2, 0.25) is 0 Å². The van der Waals surface area contributed by atoms with Crippen LogP contribution in [0, 0.1) is 0 Å². The van der Waals surface area contributed by atoms with Gasteiger partial charge in [-0.2, -0.15) is 0 Å². The lowest BCUT2D eigenvalue weighted by molar-refractivity contribution is 0.357. The van der Waals surface area contributed by atoms with E-state index in [4.69, 9.17) is 10.5 Å². The maximum Gasteiger partial charge on any atom is 0.122 e. The summed E-state index contributed by atoms with van der Waals surface area (Å²) in [7, 11) is 0. The topological polar surface area (TPSA) is 48.1 Å². The van der Waals surface area contributed by atoms with Crippen LogP contribution in [0.3, 0.4) is 0 Å². The van der Waals surface area contributed by atoms with E-state index in [1.165, 1.54) is 5.56 Å². The fraction of sp³-hybridized carbons (Fsp3) is 0.167. The fourth-order valence-electron chi connectivity index (χ4n) is 2.88. The van der Waals surface area contributed by atoms with Crippen molar-refractivity contribution in [2.45, 2.75) is 12.5 Å². The Balaban J connectivity index is 1.73. The summed E-state index contributed by atoms with van der Waals surface area (Å²) in [5, 5.41) is 1.12. The number of ether oxygens (including phenoxy) is 1. The van der Waals surface area contributed by atoms with Gasteiger partial charge in [-0.3, -0.25) is 4.98 Å². The Labute approximate surface area is 123 Å². The molecule has 2 N–H and O–H groups in total. The quantitative estimate of drug-likeness (QED) is 0.781. The fourth-order valence-corrected chi connectivity index (χ4v) is 2.88. The van der Waals surface area contributed by atoms with E-state index in [1.807, 2.05) is 24.4 Å². The van der Waals surface area contributed by atoms with Crippen LogP contribution in [0.5, 0.6) is 5.75 Å². The Morgan fingerprint density at radius 1 is 1.05 bits per heavy atom.